The maximum atomic E-state index is 11.0. The molecule has 8 nitrogen and oxygen atoms in total. The zero-order valence-corrected chi connectivity index (χ0v) is 16.7. The van der Waals surface area contributed by atoms with Gasteiger partial charge in [-0.05, 0) is 43.0 Å². The number of hydrogen-bond acceptors (Lipinski definition) is 6. The van der Waals surface area contributed by atoms with Gasteiger partial charge in [0.05, 0.1) is 30.5 Å². The molecule has 30 heavy (non-hydrogen) atoms. The molecule has 2 aromatic heterocycles. The molecular formula is C22H24N6O2. The van der Waals surface area contributed by atoms with Crippen molar-refractivity contribution in [3.8, 4) is 5.82 Å². The fraction of sp³-hybridized carbons (Fsp3) is 0.364. The van der Waals surface area contributed by atoms with E-state index in [2.05, 4.69) is 33.6 Å². The summed E-state index contributed by atoms with van der Waals surface area (Å²) in [7, 11) is 0. The van der Waals surface area contributed by atoms with Crippen LogP contribution in [0.4, 0.5) is 11.5 Å². The van der Waals surface area contributed by atoms with E-state index in [1.165, 1.54) is 25.7 Å². The number of fused-ring (bicyclic) bond motifs is 1. The zero-order chi connectivity index (χ0) is 20.5. The lowest BCUT2D eigenvalue weighted by Gasteiger charge is -2.15. The third-order valence-electron chi connectivity index (χ3n) is 5.81. The van der Waals surface area contributed by atoms with Gasteiger partial charge < -0.3 is 15.3 Å². The van der Waals surface area contributed by atoms with Crippen LogP contribution >= 0.6 is 0 Å². The van der Waals surface area contributed by atoms with Crippen molar-refractivity contribution in [2.24, 2.45) is 0 Å². The Labute approximate surface area is 174 Å². The Hall–Kier alpha value is -3.42. The third-order valence-corrected chi connectivity index (χ3v) is 5.81. The maximum absolute atomic E-state index is 11.0. The molecule has 1 aliphatic heterocycles. The summed E-state index contributed by atoms with van der Waals surface area (Å²) in [5.74, 6) is 0.519. The smallest absolute Gasteiger partial charge is 0.307 e. The monoisotopic (exact) mass is 404 g/mol. The number of hydrogen-bond donors (Lipinski definition) is 2. The molecule has 0 saturated heterocycles. The zero-order valence-electron chi connectivity index (χ0n) is 16.7. The highest BCUT2D eigenvalue weighted by Crippen LogP contribution is 2.27. The lowest BCUT2D eigenvalue weighted by atomic mass is 10.2. The minimum Gasteiger partial charge on any atom is -0.481 e. The second-order valence-corrected chi connectivity index (χ2v) is 7.99. The number of rotatable bonds is 6. The molecule has 1 saturated carbocycles. The molecule has 1 aromatic carbocycles. The Morgan fingerprint density at radius 3 is 2.83 bits per heavy atom. The minimum absolute atomic E-state index is 0.0597. The van der Waals surface area contributed by atoms with Gasteiger partial charge >= 0.3 is 5.97 Å². The molecule has 8 heteroatoms. The number of carboxylic acid groups (broad SMARTS) is 1. The van der Waals surface area contributed by atoms with Crippen LogP contribution in [0, 0.1) is 0 Å². The first-order chi connectivity index (χ1) is 14.7. The summed E-state index contributed by atoms with van der Waals surface area (Å²) in [4.78, 5) is 22.0. The number of benzene rings is 1. The van der Waals surface area contributed by atoms with Gasteiger partial charge in [-0.1, -0.05) is 12.8 Å². The van der Waals surface area contributed by atoms with Crippen molar-refractivity contribution in [2.45, 2.75) is 44.6 Å². The van der Waals surface area contributed by atoms with Crippen molar-refractivity contribution in [1.29, 1.82) is 0 Å². The largest absolute Gasteiger partial charge is 0.481 e. The Morgan fingerprint density at radius 2 is 2.00 bits per heavy atom. The van der Waals surface area contributed by atoms with E-state index < -0.39 is 5.97 Å². The van der Waals surface area contributed by atoms with E-state index in [4.69, 9.17) is 10.1 Å². The first-order valence-corrected chi connectivity index (χ1v) is 10.4. The second-order valence-electron chi connectivity index (χ2n) is 7.99. The van der Waals surface area contributed by atoms with Crippen LogP contribution in [0.3, 0.4) is 0 Å². The molecule has 0 amide bonds. The lowest BCUT2D eigenvalue weighted by molar-refractivity contribution is -0.136. The summed E-state index contributed by atoms with van der Waals surface area (Å²) in [6.07, 6.45) is 12.9. The fourth-order valence-electron chi connectivity index (χ4n) is 4.31. The first kappa shape index (κ1) is 18.6. The minimum atomic E-state index is -0.812. The normalized spacial score (nSPS) is 16.9. The number of carbonyl (C=O) groups is 1. The molecule has 5 rings (SSSR count). The topological polar surface area (TPSA) is 96.2 Å². The molecule has 3 aromatic rings. The number of nitrogens with zero attached hydrogens (tertiary/aromatic N) is 5. The molecule has 3 heterocycles. The highest BCUT2D eigenvalue weighted by atomic mass is 16.4. The summed E-state index contributed by atoms with van der Waals surface area (Å²) >= 11 is 0. The second kappa shape index (κ2) is 7.78. The molecule has 0 unspecified atom stereocenters. The molecule has 1 fully saturated rings. The van der Waals surface area contributed by atoms with E-state index in [9.17, 15) is 4.79 Å². The summed E-state index contributed by atoms with van der Waals surface area (Å²) in [6, 6.07) is 6.85. The predicted octanol–water partition coefficient (Wildman–Crippen LogP) is 3.74. The predicted molar refractivity (Wildman–Crippen MR) is 115 cm³/mol. The Balaban J connectivity index is 1.43. The molecular weight excluding hydrogens is 380 g/mol. The van der Waals surface area contributed by atoms with Crippen molar-refractivity contribution in [1.82, 2.24) is 19.7 Å². The van der Waals surface area contributed by atoms with E-state index in [1.54, 1.807) is 12.4 Å². The van der Waals surface area contributed by atoms with Crippen LogP contribution < -0.4 is 10.2 Å². The van der Waals surface area contributed by atoms with Gasteiger partial charge in [-0.15, -0.1) is 0 Å². The summed E-state index contributed by atoms with van der Waals surface area (Å²) in [6.45, 7) is 0.704. The van der Waals surface area contributed by atoms with Crippen LogP contribution in [0.2, 0.25) is 0 Å². The SMILES string of the molecule is O=C(O)CC1=CN(c2cncc(-n3ncc4ccc(NC5CCCC5)cc43)n2)CC1. The van der Waals surface area contributed by atoms with Crippen LogP contribution in [0.25, 0.3) is 16.7 Å². The van der Waals surface area contributed by atoms with Gasteiger partial charge in [0.2, 0.25) is 0 Å². The first-order valence-electron chi connectivity index (χ1n) is 10.4. The van der Waals surface area contributed by atoms with E-state index in [0.717, 1.165) is 28.6 Å². The molecule has 0 bridgehead atoms. The van der Waals surface area contributed by atoms with Crippen LogP contribution in [0.5, 0.6) is 0 Å². The van der Waals surface area contributed by atoms with Crippen LogP contribution in [-0.4, -0.2) is 43.4 Å². The Bertz CT molecular complexity index is 1120. The van der Waals surface area contributed by atoms with Gasteiger partial charge in [0, 0.05) is 29.9 Å². The number of aromatic nitrogens is 4. The number of carboxylic acids is 1. The van der Waals surface area contributed by atoms with Crippen molar-refractivity contribution in [2.75, 3.05) is 16.8 Å². The molecule has 154 valence electrons. The summed E-state index contributed by atoms with van der Waals surface area (Å²) in [5.41, 5.74) is 2.97. The van der Waals surface area contributed by atoms with Crippen molar-refractivity contribution in [3.63, 3.8) is 0 Å². The van der Waals surface area contributed by atoms with Crippen LogP contribution in [0.15, 0.2) is 48.6 Å². The highest BCUT2D eigenvalue weighted by molar-refractivity contribution is 5.83. The van der Waals surface area contributed by atoms with Gasteiger partial charge in [-0.2, -0.15) is 5.10 Å². The number of nitrogens with one attached hydrogen (secondary N) is 1. The molecule has 2 aliphatic rings. The molecule has 0 spiro atoms. The van der Waals surface area contributed by atoms with Gasteiger partial charge in [-0.25, -0.2) is 9.67 Å². The molecule has 0 radical (unpaired) electrons. The summed E-state index contributed by atoms with van der Waals surface area (Å²) < 4.78 is 1.81. The molecule has 1 aliphatic carbocycles. The third kappa shape index (κ3) is 3.72. The number of aliphatic carboxylic acids is 1. The van der Waals surface area contributed by atoms with Crippen LogP contribution in [0.1, 0.15) is 38.5 Å². The quantitative estimate of drug-likeness (QED) is 0.646. The highest BCUT2D eigenvalue weighted by Gasteiger charge is 2.19. The van der Waals surface area contributed by atoms with Crippen molar-refractivity contribution < 1.29 is 9.90 Å². The lowest BCUT2D eigenvalue weighted by Crippen LogP contribution is -2.15. The fourth-order valence-corrected chi connectivity index (χ4v) is 4.31. The van der Waals surface area contributed by atoms with Gasteiger partial charge in [-0.3, -0.25) is 9.78 Å². The van der Waals surface area contributed by atoms with Gasteiger partial charge in [0.25, 0.3) is 0 Å². The van der Waals surface area contributed by atoms with E-state index in [-0.39, 0.29) is 6.42 Å². The summed E-state index contributed by atoms with van der Waals surface area (Å²) in [5, 5.41) is 18.2. The van der Waals surface area contributed by atoms with E-state index >= 15 is 0 Å². The van der Waals surface area contributed by atoms with E-state index in [1.807, 2.05) is 22.0 Å². The Morgan fingerprint density at radius 1 is 1.17 bits per heavy atom. The van der Waals surface area contributed by atoms with Crippen molar-refractivity contribution in [3.05, 3.63) is 48.6 Å². The molecule has 0 atom stereocenters. The molecule has 2 N–H and O–H groups in total. The standard InChI is InChI=1S/C22H24N6O2/c29-22(30)9-15-7-8-27(14-15)20-12-23-13-21(26-20)28-19-10-18(6-5-16(19)11-24-28)25-17-3-1-2-4-17/h5-6,10-14,17,25H,1-4,7-9H2,(H,29,30). The van der Waals surface area contributed by atoms with Gasteiger partial charge in [0.1, 0.15) is 0 Å². The number of anilines is 2. The average molecular weight is 404 g/mol. The maximum Gasteiger partial charge on any atom is 0.307 e. The Kier molecular flexibility index (Phi) is 4.82. The average Bonchev–Trinajstić information content (AvgIpc) is 3.48. The van der Waals surface area contributed by atoms with Crippen molar-refractivity contribution >= 4 is 28.4 Å². The van der Waals surface area contributed by atoms with Crippen LogP contribution in [-0.2, 0) is 4.79 Å². The van der Waals surface area contributed by atoms with E-state index in [0.29, 0.717) is 24.2 Å². The van der Waals surface area contributed by atoms with Gasteiger partial charge in [0.15, 0.2) is 11.6 Å².